The molecule has 1 rings (SSSR count). The minimum absolute atomic E-state index is 1.14. The van der Waals surface area contributed by atoms with Crippen molar-refractivity contribution in [3.63, 3.8) is 0 Å². The molecule has 0 aliphatic rings. The Morgan fingerprint density at radius 2 is 2.10 bits per heavy atom. The number of nitrogens with zero attached hydrogens (tertiary/aromatic N) is 1. The molecule has 0 aliphatic carbocycles. The van der Waals surface area contributed by atoms with E-state index in [1.54, 1.807) is 11.5 Å². The van der Waals surface area contributed by atoms with Gasteiger partial charge in [0.05, 0.1) is 5.69 Å². The highest BCUT2D eigenvalue weighted by Gasteiger charge is 2.00. The van der Waals surface area contributed by atoms with Crippen molar-refractivity contribution < 1.29 is 0 Å². The first-order valence-corrected chi connectivity index (χ1v) is 4.08. The maximum absolute atomic E-state index is 4.23. The number of aryl methyl sites for hydroxylation is 2. The molecule has 0 N–H and O–H groups in total. The molecule has 1 aromatic heterocycles. The van der Waals surface area contributed by atoms with Crippen molar-refractivity contribution in [3.05, 3.63) is 22.2 Å². The van der Waals surface area contributed by atoms with Crippen LogP contribution < -0.4 is 0 Å². The van der Waals surface area contributed by atoms with Crippen LogP contribution in [0.4, 0.5) is 0 Å². The first-order chi connectivity index (χ1) is 4.75. The lowest BCUT2D eigenvalue weighted by molar-refractivity contribution is 1.32. The fourth-order valence-electron chi connectivity index (χ4n) is 0.895. The van der Waals surface area contributed by atoms with Crippen LogP contribution in [0.15, 0.2) is 6.08 Å². The highest BCUT2D eigenvalue weighted by molar-refractivity contribution is 7.06. The first-order valence-electron chi connectivity index (χ1n) is 3.31. The summed E-state index contributed by atoms with van der Waals surface area (Å²) in [6, 6.07) is 0. The van der Waals surface area contributed by atoms with E-state index in [2.05, 4.69) is 17.4 Å². The smallest absolute Gasteiger partial charge is 0.0586 e. The first kappa shape index (κ1) is 7.48. The summed E-state index contributed by atoms with van der Waals surface area (Å²) >= 11 is 1.57. The minimum atomic E-state index is 1.14. The third kappa shape index (κ3) is 1.27. The third-order valence-electron chi connectivity index (χ3n) is 1.42. The Hall–Kier alpha value is -0.630. The van der Waals surface area contributed by atoms with Crippen molar-refractivity contribution in [2.45, 2.75) is 20.8 Å². The van der Waals surface area contributed by atoms with Crippen molar-refractivity contribution >= 4 is 17.6 Å². The molecule has 1 aromatic rings. The van der Waals surface area contributed by atoms with E-state index >= 15 is 0 Å². The summed E-state index contributed by atoms with van der Waals surface area (Å²) in [5.74, 6) is 0. The van der Waals surface area contributed by atoms with Crippen LogP contribution in [0.3, 0.4) is 0 Å². The van der Waals surface area contributed by atoms with Crippen LogP contribution >= 0.6 is 11.5 Å². The quantitative estimate of drug-likeness (QED) is 0.604. The van der Waals surface area contributed by atoms with Crippen LogP contribution in [0, 0.1) is 13.8 Å². The Bertz CT molecular complexity index is 228. The molecule has 1 nitrogen and oxygen atoms in total. The summed E-state index contributed by atoms with van der Waals surface area (Å²) in [5.41, 5.74) is 2.42. The van der Waals surface area contributed by atoms with Crippen LogP contribution in [-0.2, 0) is 0 Å². The number of hydrogen-bond acceptors (Lipinski definition) is 2. The SMILES string of the molecule is CC=Cc1c(C)nsc1C. The van der Waals surface area contributed by atoms with Crippen LogP contribution in [-0.4, -0.2) is 4.37 Å². The largest absolute Gasteiger partial charge is 0.197 e. The van der Waals surface area contributed by atoms with Gasteiger partial charge in [-0.3, -0.25) is 0 Å². The summed E-state index contributed by atoms with van der Waals surface area (Å²) in [6.45, 7) is 6.16. The molecule has 0 aromatic carbocycles. The molecule has 10 heavy (non-hydrogen) atoms. The van der Waals surface area contributed by atoms with Gasteiger partial charge in [0, 0.05) is 10.4 Å². The maximum Gasteiger partial charge on any atom is 0.0586 e. The van der Waals surface area contributed by atoms with Gasteiger partial charge in [-0.1, -0.05) is 12.2 Å². The molecule has 2 heteroatoms. The second-order valence-electron chi connectivity index (χ2n) is 2.24. The van der Waals surface area contributed by atoms with Gasteiger partial charge in [0.2, 0.25) is 0 Å². The molecule has 0 aliphatic heterocycles. The number of hydrogen-bond donors (Lipinski definition) is 0. The molecular formula is C8H11NS. The molecule has 0 amide bonds. The minimum Gasteiger partial charge on any atom is -0.197 e. The Morgan fingerprint density at radius 1 is 1.40 bits per heavy atom. The standard InChI is InChI=1S/C8H11NS/c1-4-5-8-6(2)9-10-7(8)3/h4-5H,1-3H3. The van der Waals surface area contributed by atoms with Crippen LogP contribution in [0.25, 0.3) is 6.08 Å². The van der Waals surface area contributed by atoms with Gasteiger partial charge in [-0.2, -0.15) is 4.37 Å². The van der Waals surface area contributed by atoms with Gasteiger partial charge < -0.3 is 0 Å². The highest BCUT2D eigenvalue weighted by Crippen LogP contribution is 2.17. The lowest BCUT2D eigenvalue weighted by Gasteiger charge is -1.88. The van der Waals surface area contributed by atoms with Gasteiger partial charge in [0.15, 0.2) is 0 Å². The molecule has 0 fully saturated rings. The van der Waals surface area contributed by atoms with E-state index < -0.39 is 0 Å². The highest BCUT2D eigenvalue weighted by atomic mass is 32.1. The van der Waals surface area contributed by atoms with E-state index in [-0.39, 0.29) is 0 Å². The Balaban J connectivity index is 3.10. The molecule has 54 valence electrons. The third-order valence-corrected chi connectivity index (χ3v) is 2.28. The van der Waals surface area contributed by atoms with Gasteiger partial charge in [-0.25, -0.2) is 0 Å². The fraction of sp³-hybridized carbons (Fsp3) is 0.375. The van der Waals surface area contributed by atoms with Crippen molar-refractivity contribution in [1.29, 1.82) is 0 Å². The average Bonchev–Trinajstić information content (AvgIpc) is 2.20. The molecule has 0 saturated heterocycles. The summed E-state index contributed by atoms with van der Waals surface area (Å²) in [6.07, 6.45) is 4.15. The molecule has 0 bridgehead atoms. The van der Waals surface area contributed by atoms with E-state index in [0.29, 0.717) is 0 Å². The second kappa shape index (κ2) is 2.97. The predicted molar refractivity (Wildman–Crippen MR) is 46.3 cm³/mol. The van der Waals surface area contributed by atoms with Crippen molar-refractivity contribution in [3.8, 4) is 0 Å². The zero-order valence-electron chi connectivity index (χ0n) is 6.51. The number of allylic oxidation sites excluding steroid dienone is 1. The molecule has 0 radical (unpaired) electrons. The topological polar surface area (TPSA) is 12.9 Å². The van der Waals surface area contributed by atoms with E-state index in [0.717, 1.165) is 5.69 Å². The second-order valence-corrected chi connectivity index (χ2v) is 3.22. The molecule has 0 unspecified atom stereocenters. The molecule has 1 heterocycles. The molecule has 0 spiro atoms. The zero-order valence-corrected chi connectivity index (χ0v) is 7.33. The summed E-state index contributed by atoms with van der Waals surface area (Å²) < 4.78 is 4.23. The molecule has 0 atom stereocenters. The maximum atomic E-state index is 4.23. The van der Waals surface area contributed by atoms with Gasteiger partial charge in [0.1, 0.15) is 0 Å². The monoisotopic (exact) mass is 153 g/mol. The van der Waals surface area contributed by atoms with Gasteiger partial charge in [0.25, 0.3) is 0 Å². The van der Waals surface area contributed by atoms with Crippen LogP contribution in [0.2, 0.25) is 0 Å². The van der Waals surface area contributed by atoms with E-state index in [4.69, 9.17) is 0 Å². The van der Waals surface area contributed by atoms with E-state index in [1.165, 1.54) is 10.4 Å². The van der Waals surface area contributed by atoms with Crippen molar-refractivity contribution in [1.82, 2.24) is 4.37 Å². The van der Waals surface area contributed by atoms with Crippen molar-refractivity contribution in [2.75, 3.05) is 0 Å². The lowest BCUT2D eigenvalue weighted by Crippen LogP contribution is -1.74. The normalized spacial score (nSPS) is 11.1. The zero-order chi connectivity index (χ0) is 7.56. The average molecular weight is 153 g/mol. The van der Waals surface area contributed by atoms with Gasteiger partial charge >= 0.3 is 0 Å². The van der Waals surface area contributed by atoms with Crippen molar-refractivity contribution in [2.24, 2.45) is 0 Å². The summed E-state index contributed by atoms with van der Waals surface area (Å²) in [4.78, 5) is 1.30. The Labute approximate surface area is 65.6 Å². The lowest BCUT2D eigenvalue weighted by atomic mass is 10.2. The van der Waals surface area contributed by atoms with Crippen LogP contribution in [0.1, 0.15) is 23.1 Å². The summed E-state index contributed by atoms with van der Waals surface area (Å²) in [7, 11) is 0. The molecule has 0 saturated carbocycles. The molecular weight excluding hydrogens is 142 g/mol. The van der Waals surface area contributed by atoms with E-state index in [9.17, 15) is 0 Å². The number of rotatable bonds is 1. The predicted octanol–water partition coefficient (Wildman–Crippen LogP) is 2.79. The summed E-state index contributed by atoms with van der Waals surface area (Å²) in [5, 5.41) is 0. The van der Waals surface area contributed by atoms with Gasteiger partial charge in [-0.05, 0) is 32.3 Å². The van der Waals surface area contributed by atoms with Gasteiger partial charge in [-0.15, -0.1) is 0 Å². The Kier molecular flexibility index (Phi) is 2.22. The van der Waals surface area contributed by atoms with E-state index in [1.807, 2.05) is 19.9 Å². The van der Waals surface area contributed by atoms with Crippen LogP contribution in [0.5, 0.6) is 0 Å². The number of aromatic nitrogens is 1. The Morgan fingerprint density at radius 3 is 2.50 bits per heavy atom. The fourth-order valence-corrected chi connectivity index (χ4v) is 1.58.